The van der Waals surface area contributed by atoms with Gasteiger partial charge in [0.15, 0.2) is 0 Å². The molecule has 116 valence electrons. The van der Waals surface area contributed by atoms with Crippen molar-refractivity contribution in [3.8, 4) is 0 Å². The summed E-state index contributed by atoms with van der Waals surface area (Å²) < 4.78 is 22.9. The minimum atomic E-state index is -3.71. The van der Waals surface area contributed by atoms with Gasteiger partial charge in [-0.05, 0) is 50.9 Å². The van der Waals surface area contributed by atoms with E-state index in [2.05, 4.69) is 17.3 Å². The maximum Gasteiger partial charge on any atom is 0.238 e. The topological polar surface area (TPSA) is 75.4 Å². The smallest absolute Gasteiger partial charge is 0.238 e. The van der Waals surface area contributed by atoms with E-state index < -0.39 is 10.0 Å². The summed E-state index contributed by atoms with van der Waals surface area (Å²) >= 11 is 6.17. The molecule has 0 amide bonds. The van der Waals surface area contributed by atoms with Gasteiger partial charge in [0.2, 0.25) is 10.0 Å². The van der Waals surface area contributed by atoms with Gasteiger partial charge in [0.05, 0.1) is 15.6 Å². The van der Waals surface area contributed by atoms with Crippen LogP contribution in [0.4, 0.5) is 5.69 Å². The summed E-state index contributed by atoms with van der Waals surface area (Å²) in [5.41, 5.74) is 0.650. The maximum atomic E-state index is 11.4. The second-order valence-corrected chi connectivity index (χ2v) is 8.02. The highest BCUT2D eigenvalue weighted by atomic mass is 35.5. The van der Waals surface area contributed by atoms with Crippen molar-refractivity contribution in [1.29, 1.82) is 0 Å². The van der Waals surface area contributed by atoms with Crippen LogP contribution in [0.2, 0.25) is 5.02 Å². The number of benzene rings is 1. The average molecular weight is 330 g/mol. The maximum absolute atomic E-state index is 11.4. The van der Waals surface area contributed by atoms with E-state index in [0.29, 0.717) is 28.8 Å². The first-order chi connectivity index (χ1) is 9.84. The first-order valence-electron chi connectivity index (χ1n) is 7.15. The van der Waals surface area contributed by atoms with Crippen LogP contribution in [-0.4, -0.2) is 38.5 Å². The zero-order valence-electron chi connectivity index (χ0n) is 11.9. The van der Waals surface area contributed by atoms with Crippen molar-refractivity contribution in [1.82, 2.24) is 4.90 Å². The average Bonchev–Trinajstić information content (AvgIpc) is 2.62. The highest BCUT2D eigenvalue weighted by Crippen LogP contribution is 2.36. The summed E-state index contributed by atoms with van der Waals surface area (Å²) in [6.45, 7) is 0. The van der Waals surface area contributed by atoms with Crippen LogP contribution >= 0.6 is 11.6 Å². The first-order valence-corrected chi connectivity index (χ1v) is 9.08. The van der Waals surface area contributed by atoms with E-state index in [4.69, 9.17) is 16.7 Å². The molecule has 0 aliphatic carbocycles. The molecule has 5 nitrogen and oxygen atoms in total. The fraction of sp³-hybridized carbons (Fsp3) is 0.571. The van der Waals surface area contributed by atoms with Crippen molar-refractivity contribution < 1.29 is 8.42 Å². The van der Waals surface area contributed by atoms with Crippen molar-refractivity contribution in [2.75, 3.05) is 12.4 Å². The number of primary sulfonamides is 1. The van der Waals surface area contributed by atoms with E-state index in [-0.39, 0.29) is 4.90 Å². The SMILES string of the molecule is CN1C2CCC1CC(Nc1cc(S(N)(=O)=O)ccc1Cl)C2. The quantitative estimate of drug-likeness (QED) is 0.889. The molecule has 0 radical (unpaired) electrons. The lowest BCUT2D eigenvalue weighted by molar-refractivity contribution is 0.169. The minimum absolute atomic E-state index is 0.0882. The number of anilines is 1. The molecule has 2 heterocycles. The number of piperidine rings is 1. The number of nitrogens with two attached hydrogens (primary N) is 1. The zero-order valence-corrected chi connectivity index (χ0v) is 13.5. The molecule has 2 fully saturated rings. The highest BCUT2D eigenvalue weighted by molar-refractivity contribution is 7.89. The molecule has 2 saturated heterocycles. The number of halogens is 1. The van der Waals surface area contributed by atoms with Gasteiger partial charge in [-0.15, -0.1) is 0 Å². The molecule has 7 heteroatoms. The Morgan fingerprint density at radius 1 is 1.29 bits per heavy atom. The van der Waals surface area contributed by atoms with Crippen molar-refractivity contribution in [2.24, 2.45) is 5.14 Å². The molecule has 2 aliphatic rings. The lowest BCUT2D eigenvalue weighted by atomic mass is 9.98. The number of hydrogen-bond acceptors (Lipinski definition) is 4. The normalized spacial score (nSPS) is 29.6. The van der Waals surface area contributed by atoms with E-state index in [0.717, 1.165) is 12.8 Å². The number of rotatable bonds is 3. The molecule has 1 aromatic rings. The van der Waals surface area contributed by atoms with Gasteiger partial charge in [0, 0.05) is 18.1 Å². The fourth-order valence-electron chi connectivity index (χ4n) is 3.54. The van der Waals surface area contributed by atoms with Gasteiger partial charge in [-0.25, -0.2) is 13.6 Å². The Morgan fingerprint density at radius 2 is 1.90 bits per heavy atom. The predicted molar refractivity (Wildman–Crippen MR) is 84.0 cm³/mol. The van der Waals surface area contributed by atoms with Gasteiger partial charge >= 0.3 is 0 Å². The minimum Gasteiger partial charge on any atom is -0.381 e. The third kappa shape index (κ3) is 3.04. The summed E-state index contributed by atoms with van der Waals surface area (Å²) in [6, 6.07) is 6.08. The van der Waals surface area contributed by atoms with Crippen molar-refractivity contribution in [3.05, 3.63) is 23.2 Å². The molecule has 0 aromatic heterocycles. The number of nitrogens with zero attached hydrogens (tertiary/aromatic N) is 1. The van der Waals surface area contributed by atoms with Crippen LogP contribution in [0.25, 0.3) is 0 Å². The van der Waals surface area contributed by atoms with E-state index in [1.807, 2.05) is 0 Å². The summed E-state index contributed by atoms with van der Waals surface area (Å²) in [7, 11) is -1.52. The molecule has 2 aliphatic heterocycles. The van der Waals surface area contributed by atoms with Gasteiger partial charge in [0.25, 0.3) is 0 Å². The van der Waals surface area contributed by atoms with E-state index in [1.165, 1.54) is 25.0 Å². The number of fused-ring (bicyclic) bond motifs is 2. The van der Waals surface area contributed by atoms with Crippen LogP contribution in [-0.2, 0) is 10.0 Å². The van der Waals surface area contributed by atoms with Crippen molar-refractivity contribution in [2.45, 2.75) is 48.7 Å². The summed E-state index contributed by atoms with van der Waals surface area (Å²) in [5.74, 6) is 0. The molecule has 2 atom stereocenters. The second-order valence-electron chi connectivity index (χ2n) is 6.05. The molecule has 2 unspecified atom stereocenters. The molecule has 0 spiro atoms. The molecule has 21 heavy (non-hydrogen) atoms. The lowest BCUT2D eigenvalue weighted by Crippen LogP contribution is -2.44. The molecule has 3 N–H and O–H groups in total. The van der Waals surface area contributed by atoms with Crippen LogP contribution in [0.3, 0.4) is 0 Å². The standard InChI is InChI=1S/C14H20ClN3O2S/c1-18-10-2-3-11(18)7-9(6-10)17-14-8-12(21(16,19)20)4-5-13(14)15/h4-5,8-11,17H,2-3,6-7H2,1H3,(H2,16,19,20). The van der Waals surface area contributed by atoms with Crippen molar-refractivity contribution >= 4 is 27.3 Å². The summed E-state index contributed by atoms with van der Waals surface area (Å²) in [4.78, 5) is 2.55. The Bertz CT molecular complexity index is 636. The molecular weight excluding hydrogens is 310 g/mol. The Morgan fingerprint density at radius 3 is 2.48 bits per heavy atom. The van der Waals surface area contributed by atoms with Crippen LogP contribution in [0, 0.1) is 0 Å². The lowest BCUT2D eigenvalue weighted by Gasteiger charge is -2.37. The van der Waals surface area contributed by atoms with E-state index >= 15 is 0 Å². The predicted octanol–water partition coefficient (Wildman–Crippen LogP) is 2.02. The summed E-state index contributed by atoms with van der Waals surface area (Å²) in [6.07, 6.45) is 4.60. The molecular formula is C14H20ClN3O2S. The Labute approximate surface area is 130 Å². The highest BCUT2D eigenvalue weighted by Gasteiger charge is 2.38. The van der Waals surface area contributed by atoms with Crippen LogP contribution in [0.15, 0.2) is 23.1 Å². The Hall–Kier alpha value is -0.820. The Kier molecular flexibility index (Phi) is 3.90. The largest absolute Gasteiger partial charge is 0.381 e. The number of nitrogens with one attached hydrogen (secondary N) is 1. The van der Waals surface area contributed by atoms with Gasteiger partial charge in [-0.2, -0.15) is 0 Å². The van der Waals surface area contributed by atoms with E-state index in [1.54, 1.807) is 6.07 Å². The summed E-state index contributed by atoms with van der Waals surface area (Å²) in [5, 5.41) is 9.10. The van der Waals surface area contributed by atoms with Crippen LogP contribution in [0.5, 0.6) is 0 Å². The molecule has 0 saturated carbocycles. The van der Waals surface area contributed by atoms with Gasteiger partial charge in [-0.1, -0.05) is 11.6 Å². The molecule has 3 rings (SSSR count). The number of sulfonamides is 1. The Balaban J connectivity index is 1.79. The van der Waals surface area contributed by atoms with Crippen LogP contribution < -0.4 is 10.5 Å². The second kappa shape index (κ2) is 5.43. The van der Waals surface area contributed by atoms with Gasteiger partial charge in [0.1, 0.15) is 0 Å². The molecule has 1 aromatic carbocycles. The van der Waals surface area contributed by atoms with Crippen LogP contribution in [0.1, 0.15) is 25.7 Å². The van der Waals surface area contributed by atoms with Gasteiger partial charge < -0.3 is 10.2 Å². The third-order valence-electron chi connectivity index (χ3n) is 4.72. The van der Waals surface area contributed by atoms with E-state index in [9.17, 15) is 8.42 Å². The number of hydrogen-bond donors (Lipinski definition) is 2. The van der Waals surface area contributed by atoms with Crippen molar-refractivity contribution in [3.63, 3.8) is 0 Å². The zero-order chi connectivity index (χ0) is 15.2. The monoisotopic (exact) mass is 329 g/mol. The first kappa shape index (κ1) is 15.1. The fourth-order valence-corrected chi connectivity index (χ4v) is 4.25. The third-order valence-corrected chi connectivity index (χ3v) is 5.96. The molecule has 2 bridgehead atoms. The van der Waals surface area contributed by atoms with Gasteiger partial charge in [-0.3, -0.25) is 0 Å².